The molecule has 0 N–H and O–H groups in total. The van der Waals surface area contributed by atoms with Crippen LogP contribution in [0.15, 0.2) is 53.6 Å². The Labute approximate surface area is 98.7 Å². The Kier molecular flexibility index (Phi) is 2.75. The lowest BCUT2D eigenvalue weighted by Gasteiger charge is -2.30. The highest BCUT2D eigenvalue weighted by atomic mass is 14.3. The fourth-order valence-electron chi connectivity index (χ4n) is 2.91. The van der Waals surface area contributed by atoms with Crippen molar-refractivity contribution < 1.29 is 0 Å². The third kappa shape index (κ3) is 2.11. The third-order valence-corrected chi connectivity index (χ3v) is 3.24. The largest absolute Gasteiger partial charge is 0.0752 e. The highest BCUT2D eigenvalue weighted by Crippen LogP contribution is 2.40. The fourth-order valence-corrected chi connectivity index (χ4v) is 2.91. The predicted molar refractivity (Wildman–Crippen MR) is 70.5 cm³/mol. The van der Waals surface area contributed by atoms with Crippen molar-refractivity contribution in [3.63, 3.8) is 0 Å². The summed E-state index contributed by atoms with van der Waals surface area (Å²) >= 11 is 0. The van der Waals surface area contributed by atoms with E-state index in [1.807, 2.05) is 0 Å². The van der Waals surface area contributed by atoms with E-state index in [4.69, 9.17) is 0 Å². The summed E-state index contributed by atoms with van der Waals surface area (Å²) in [5, 5.41) is 0. The Bertz CT molecular complexity index is 410. The molecule has 0 nitrogen and oxygen atoms in total. The summed E-state index contributed by atoms with van der Waals surface area (Å²) in [5.74, 6) is 0.481. The molecule has 0 atom stereocenters. The van der Waals surface area contributed by atoms with Crippen molar-refractivity contribution in [3.05, 3.63) is 59.2 Å². The molecule has 0 radical (unpaired) electrons. The van der Waals surface area contributed by atoms with Crippen LogP contribution in [0.3, 0.4) is 0 Å². The van der Waals surface area contributed by atoms with Gasteiger partial charge in [-0.2, -0.15) is 0 Å². The smallest absolute Gasteiger partial charge is 0.0252 e. The van der Waals surface area contributed by atoms with E-state index in [-0.39, 0.29) is 5.41 Å². The molecule has 0 fully saturated rings. The van der Waals surface area contributed by atoms with Crippen molar-refractivity contribution in [2.45, 2.75) is 33.6 Å². The van der Waals surface area contributed by atoms with Crippen molar-refractivity contribution in [2.75, 3.05) is 0 Å². The number of benzene rings is 1. The second-order valence-electron chi connectivity index (χ2n) is 5.44. The summed E-state index contributed by atoms with van der Waals surface area (Å²) in [7, 11) is 0. The molecule has 84 valence electrons. The van der Waals surface area contributed by atoms with Crippen LogP contribution in [-0.4, -0.2) is 0 Å². The minimum absolute atomic E-state index is 0.208. The summed E-state index contributed by atoms with van der Waals surface area (Å²) < 4.78 is 0. The van der Waals surface area contributed by atoms with Crippen LogP contribution in [0.4, 0.5) is 0 Å². The molecule has 0 heterocycles. The van der Waals surface area contributed by atoms with Gasteiger partial charge in [0.2, 0.25) is 0 Å². The standard InChI is InChI=1S/C16H20/c1-12-10-16(3,4)11-13(2)15(12)14-8-6-5-7-9-14/h5-11,15H,1-4H3. The van der Waals surface area contributed by atoms with E-state index in [0.717, 1.165) is 0 Å². The van der Waals surface area contributed by atoms with E-state index < -0.39 is 0 Å². The molecule has 16 heavy (non-hydrogen) atoms. The Balaban J connectivity index is 2.42. The van der Waals surface area contributed by atoms with Crippen molar-refractivity contribution in [1.29, 1.82) is 0 Å². The summed E-state index contributed by atoms with van der Waals surface area (Å²) in [4.78, 5) is 0. The third-order valence-electron chi connectivity index (χ3n) is 3.24. The summed E-state index contributed by atoms with van der Waals surface area (Å²) in [6.07, 6.45) is 4.77. The minimum Gasteiger partial charge on any atom is -0.0752 e. The highest BCUT2D eigenvalue weighted by Gasteiger charge is 2.24. The minimum atomic E-state index is 0.208. The zero-order valence-corrected chi connectivity index (χ0v) is 10.6. The molecule has 2 rings (SSSR count). The first-order valence-corrected chi connectivity index (χ1v) is 5.93. The quantitative estimate of drug-likeness (QED) is 0.592. The molecule has 0 aliphatic heterocycles. The van der Waals surface area contributed by atoms with Gasteiger partial charge in [0.1, 0.15) is 0 Å². The van der Waals surface area contributed by atoms with Crippen molar-refractivity contribution in [2.24, 2.45) is 5.41 Å². The van der Waals surface area contributed by atoms with Crippen LogP contribution >= 0.6 is 0 Å². The van der Waals surface area contributed by atoms with Crippen molar-refractivity contribution >= 4 is 0 Å². The average Bonchev–Trinajstić information content (AvgIpc) is 2.16. The molecule has 1 aliphatic carbocycles. The van der Waals surface area contributed by atoms with Crippen LogP contribution in [-0.2, 0) is 0 Å². The van der Waals surface area contributed by atoms with Crippen LogP contribution < -0.4 is 0 Å². The molecule has 1 aromatic carbocycles. The topological polar surface area (TPSA) is 0 Å². The molecule has 0 saturated heterocycles. The van der Waals surface area contributed by atoms with Crippen LogP contribution in [0, 0.1) is 5.41 Å². The molecular formula is C16H20. The maximum absolute atomic E-state index is 2.39. The molecule has 0 saturated carbocycles. The summed E-state index contributed by atoms with van der Waals surface area (Å²) in [6.45, 7) is 9.02. The van der Waals surface area contributed by atoms with E-state index >= 15 is 0 Å². The molecule has 0 heteroatoms. The molecule has 0 amide bonds. The maximum Gasteiger partial charge on any atom is 0.0252 e. The highest BCUT2D eigenvalue weighted by molar-refractivity contribution is 5.42. The van der Waals surface area contributed by atoms with Crippen molar-refractivity contribution in [3.8, 4) is 0 Å². The van der Waals surface area contributed by atoms with Gasteiger partial charge >= 0.3 is 0 Å². The van der Waals surface area contributed by atoms with Crippen molar-refractivity contribution in [1.82, 2.24) is 0 Å². The second kappa shape index (κ2) is 3.93. The Morgan fingerprint density at radius 2 is 1.38 bits per heavy atom. The SMILES string of the molecule is CC1=CC(C)(C)C=C(C)C1c1ccccc1. The van der Waals surface area contributed by atoms with Gasteiger partial charge in [-0.05, 0) is 19.4 Å². The number of hydrogen-bond acceptors (Lipinski definition) is 0. The van der Waals surface area contributed by atoms with Gasteiger partial charge < -0.3 is 0 Å². The summed E-state index contributed by atoms with van der Waals surface area (Å²) in [5.41, 5.74) is 4.55. The van der Waals surface area contributed by atoms with Gasteiger partial charge in [-0.1, -0.05) is 67.5 Å². The van der Waals surface area contributed by atoms with Crippen LogP contribution in [0.5, 0.6) is 0 Å². The van der Waals surface area contributed by atoms with Gasteiger partial charge in [-0.15, -0.1) is 0 Å². The first kappa shape index (κ1) is 11.2. The zero-order chi connectivity index (χ0) is 11.8. The Morgan fingerprint density at radius 1 is 0.875 bits per heavy atom. The lowest BCUT2D eigenvalue weighted by Crippen LogP contribution is -2.15. The van der Waals surface area contributed by atoms with Crippen LogP contribution in [0.2, 0.25) is 0 Å². The van der Waals surface area contributed by atoms with E-state index in [2.05, 4.69) is 70.2 Å². The molecule has 0 unspecified atom stereocenters. The predicted octanol–water partition coefficient (Wildman–Crippen LogP) is 4.70. The Hall–Kier alpha value is -1.30. The van der Waals surface area contributed by atoms with E-state index in [1.165, 1.54) is 16.7 Å². The molecule has 1 aliphatic rings. The van der Waals surface area contributed by atoms with Gasteiger partial charge in [0, 0.05) is 11.3 Å². The Morgan fingerprint density at radius 3 is 1.88 bits per heavy atom. The first-order valence-electron chi connectivity index (χ1n) is 5.93. The average molecular weight is 212 g/mol. The van der Waals surface area contributed by atoms with E-state index in [9.17, 15) is 0 Å². The van der Waals surface area contributed by atoms with E-state index in [1.54, 1.807) is 0 Å². The maximum atomic E-state index is 2.39. The monoisotopic (exact) mass is 212 g/mol. The number of rotatable bonds is 1. The fraction of sp³-hybridized carbons (Fsp3) is 0.375. The lowest BCUT2D eigenvalue weighted by atomic mass is 9.74. The first-order chi connectivity index (χ1) is 7.49. The molecule has 0 aromatic heterocycles. The van der Waals surface area contributed by atoms with Gasteiger partial charge in [-0.3, -0.25) is 0 Å². The van der Waals surface area contributed by atoms with Crippen LogP contribution in [0.25, 0.3) is 0 Å². The normalized spacial score (nSPS) is 20.2. The number of hydrogen-bond donors (Lipinski definition) is 0. The van der Waals surface area contributed by atoms with Gasteiger partial charge in [0.25, 0.3) is 0 Å². The van der Waals surface area contributed by atoms with Gasteiger partial charge in [0.15, 0.2) is 0 Å². The van der Waals surface area contributed by atoms with Gasteiger partial charge in [-0.25, -0.2) is 0 Å². The molecule has 1 aromatic rings. The molecular weight excluding hydrogens is 192 g/mol. The molecule has 0 spiro atoms. The van der Waals surface area contributed by atoms with E-state index in [0.29, 0.717) is 5.92 Å². The zero-order valence-electron chi connectivity index (χ0n) is 10.6. The second-order valence-corrected chi connectivity index (χ2v) is 5.44. The summed E-state index contributed by atoms with van der Waals surface area (Å²) in [6, 6.07) is 10.8. The number of allylic oxidation sites excluding steroid dienone is 4. The van der Waals surface area contributed by atoms with Gasteiger partial charge in [0.05, 0.1) is 0 Å². The van der Waals surface area contributed by atoms with Crippen LogP contribution in [0.1, 0.15) is 39.2 Å². The molecule has 0 bridgehead atoms. The lowest BCUT2D eigenvalue weighted by molar-refractivity contribution is 0.587.